The van der Waals surface area contributed by atoms with Crippen molar-refractivity contribution in [1.82, 2.24) is 9.13 Å². The number of fused-ring (bicyclic) bond motifs is 9. The molecule has 12 aromatic rings. The Balaban J connectivity index is 1.04. The molecular formula is C54H34N2O. The van der Waals surface area contributed by atoms with Crippen LogP contribution < -0.4 is 0 Å². The second-order valence-corrected chi connectivity index (χ2v) is 14.9. The van der Waals surface area contributed by atoms with Crippen LogP contribution in [0.15, 0.2) is 211 Å². The van der Waals surface area contributed by atoms with E-state index in [4.69, 9.17) is 4.42 Å². The normalized spacial score (nSPS) is 11.9. The van der Waals surface area contributed by atoms with E-state index in [9.17, 15) is 0 Å². The highest BCUT2D eigenvalue weighted by molar-refractivity contribution is 6.17. The topological polar surface area (TPSA) is 23.0 Å². The lowest BCUT2D eigenvalue weighted by molar-refractivity contribution is 0.670. The van der Waals surface area contributed by atoms with E-state index in [2.05, 4.69) is 209 Å². The van der Waals surface area contributed by atoms with E-state index in [-0.39, 0.29) is 0 Å². The van der Waals surface area contributed by atoms with Crippen LogP contribution in [0.25, 0.3) is 110 Å². The third-order valence-electron chi connectivity index (χ3n) is 11.7. The van der Waals surface area contributed by atoms with Crippen LogP contribution in [-0.2, 0) is 0 Å². The van der Waals surface area contributed by atoms with Crippen molar-refractivity contribution < 1.29 is 4.42 Å². The fourth-order valence-electron chi connectivity index (χ4n) is 9.14. The number of para-hydroxylation sites is 3. The first-order chi connectivity index (χ1) is 28.3. The molecule has 0 aliphatic rings. The number of hydrogen-bond donors (Lipinski definition) is 0. The Labute approximate surface area is 328 Å². The quantitative estimate of drug-likeness (QED) is 0.173. The monoisotopic (exact) mass is 726 g/mol. The zero-order valence-electron chi connectivity index (χ0n) is 30.9. The number of hydrogen-bond acceptors (Lipinski definition) is 1. The maximum absolute atomic E-state index is 6.68. The van der Waals surface area contributed by atoms with Crippen LogP contribution in [0.3, 0.4) is 0 Å². The predicted octanol–water partition coefficient (Wildman–Crippen LogP) is 14.8. The molecule has 3 aromatic heterocycles. The molecule has 0 saturated carbocycles. The van der Waals surface area contributed by atoms with Gasteiger partial charge in [0.15, 0.2) is 0 Å². The average Bonchev–Trinajstić information content (AvgIpc) is 3.95. The molecule has 3 heteroatoms. The van der Waals surface area contributed by atoms with Gasteiger partial charge < -0.3 is 13.6 Å². The third-order valence-corrected chi connectivity index (χ3v) is 11.7. The highest BCUT2D eigenvalue weighted by Gasteiger charge is 2.21. The van der Waals surface area contributed by atoms with Crippen molar-refractivity contribution >= 4 is 65.6 Å². The molecule has 0 amide bonds. The summed E-state index contributed by atoms with van der Waals surface area (Å²) in [6, 6.07) is 74.4. The van der Waals surface area contributed by atoms with Gasteiger partial charge in [0.1, 0.15) is 11.2 Å². The highest BCUT2D eigenvalue weighted by Crippen LogP contribution is 2.43. The van der Waals surface area contributed by atoms with Gasteiger partial charge in [-0.25, -0.2) is 0 Å². The van der Waals surface area contributed by atoms with Gasteiger partial charge in [-0.2, -0.15) is 0 Å². The second-order valence-electron chi connectivity index (χ2n) is 14.9. The van der Waals surface area contributed by atoms with E-state index in [1.54, 1.807) is 0 Å². The Bertz CT molecular complexity index is 3510. The summed E-state index contributed by atoms with van der Waals surface area (Å²) in [5, 5.41) is 7.16. The lowest BCUT2D eigenvalue weighted by Gasteiger charge is -2.12. The summed E-state index contributed by atoms with van der Waals surface area (Å²) in [4.78, 5) is 0. The zero-order valence-corrected chi connectivity index (χ0v) is 30.9. The maximum Gasteiger partial charge on any atom is 0.145 e. The van der Waals surface area contributed by atoms with Gasteiger partial charge in [0.05, 0.1) is 33.1 Å². The number of rotatable bonds is 5. The summed E-state index contributed by atoms with van der Waals surface area (Å²) in [5.74, 6) is 0. The highest BCUT2D eigenvalue weighted by atomic mass is 16.3. The number of benzene rings is 9. The standard InChI is InChI=1S/C54H34N2O/c1-3-14-35(15-4-1)37-18-13-19-40(32-37)55-47-23-10-7-20-42(47)45-33-38(26-29-49(45)55)39-27-30-50-46(34-39)43-21-8-11-24-48(43)56(50)51-31-28-41(36-16-5-2-6-17-36)54-53(51)44-22-9-12-25-52(44)57-54/h1-34H. The maximum atomic E-state index is 6.68. The molecule has 0 bridgehead atoms. The molecule has 0 saturated heterocycles. The van der Waals surface area contributed by atoms with Gasteiger partial charge in [-0.1, -0.05) is 140 Å². The molecule has 0 unspecified atom stereocenters. The average molecular weight is 727 g/mol. The Hall–Kier alpha value is -7.62. The largest absolute Gasteiger partial charge is 0.455 e. The van der Waals surface area contributed by atoms with Crippen LogP contribution >= 0.6 is 0 Å². The van der Waals surface area contributed by atoms with E-state index in [0.29, 0.717) is 0 Å². The second kappa shape index (κ2) is 12.5. The first-order valence-corrected chi connectivity index (χ1v) is 19.5. The molecule has 9 aromatic carbocycles. The number of aromatic nitrogens is 2. The van der Waals surface area contributed by atoms with Crippen molar-refractivity contribution in [3.63, 3.8) is 0 Å². The van der Waals surface area contributed by atoms with E-state index >= 15 is 0 Å². The molecule has 0 fully saturated rings. The summed E-state index contributed by atoms with van der Waals surface area (Å²) in [6.07, 6.45) is 0. The third kappa shape index (κ3) is 4.86. The van der Waals surface area contributed by atoms with Crippen molar-refractivity contribution in [3.8, 4) is 44.8 Å². The van der Waals surface area contributed by atoms with Gasteiger partial charge in [-0.05, 0) is 94.5 Å². The fourth-order valence-corrected chi connectivity index (χ4v) is 9.14. The van der Waals surface area contributed by atoms with Crippen LogP contribution in [0.4, 0.5) is 0 Å². The van der Waals surface area contributed by atoms with E-state index < -0.39 is 0 Å². The molecule has 0 radical (unpaired) electrons. The molecule has 3 nitrogen and oxygen atoms in total. The summed E-state index contributed by atoms with van der Waals surface area (Å²) in [5.41, 5.74) is 15.8. The number of furan rings is 1. The number of nitrogens with zero attached hydrogens (tertiary/aromatic N) is 2. The van der Waals surface area contributed by atoms with Crippen LogP contribution in [0.5, 0.6) is 0 Å². The Morgan fingerprint density at radius 1 is 0.316 bits per heavy atom. The molecule has 3 heterocycles. The first-order valence-electron chi connectivity index (χ1n) is 19.5. The lowest BCUT2D eigenvalue weighted by atomic mass is 10.00. The van der Waals surface area contributed by atoms with E-state index in [0.717, 1.165) is 50.0 Å². The Kier molecular flexibility index (Phi) is 6.93. The summed E-state index contributed by atoms with van der Waals surface area (Å²) >= 11 is 0. The zero-order chi connectivity index (χ0) is 37.5. The van der Waals surface area contributed by atoms with Crippen LogP contribution in [-0.4, -0.2) is 9.13 Å². The first kappa shape index (κ1) is 31.7. The molecule has 0 aliphatic carbocycles. The van der Waals surface area contributed by atoms with Gasteiger partial charge in [-0.3, -0.25) is 0 Å². The van der Waals surface area contributed by atoms with Crippen molar-refractivity contribution in [1.29, 1.82) is 0 Å². The van der Waals surface area contributed by atoms with Crippen molar-refractivity contribution in [2.24, 2.45) is 0 Å². The van der Waals surface area contributed by atoms with Gasteiger partial charge in [0.25, 0.3) is 0 Å². The summed E-state index contributed by atoms with van der Waals surface area (Å²) < 4.78 is 11.5. The minimum Gasteiger partial charge on any atom is -0.455 e. The van der Waals surface area contributed by atoms with Crippen molar-refractivity contribution in [2.75, 3.05) is 0 Å². The summed E-state index contributed by atoms with van der Waals surface area (Å²) in [6.45, 7) is 0. The van der Waals surface area contributed by atoms with Crippen molar-refractivity contribution in [2.45, 2.75) is 0 Å². The van der Waals surface area contributed by atoms with Gasteiger partial charge in [0.2, 0.25) is 0 Å². The van der Waals surface area contributed by atoms with Gasteiger partial charge in [-0.15, -0.1) is 0 Å². The molecule has 0 N–H and O–H groups in total. The molecule has 57 heavy (non-hydrogen) atoms. The molecule has 0 atom stereocenters. The van der Waals surface area contributed by atoms with Gasteiger partial charge in [0, 0.05) is 38.2 Å². The SMILES string of the molecule is c1ccc(-c2cccc(-n3c4ccccc4c4cc(-c5ccc6c(c5)c5ccccc5n6-c5ccc(-c6ccccc6)c6oc7ccccc7c56)ccc43)c2)cc1. The Morgan fingerprint density at radius 2 is 0.842 bits per heavy atom. The molecular weight excluding hydrogens is 693 g/mol. The van der Waals surface area contributed by atoms with E-state index in [1.165, 1.54) is 60.3 Å². The minimum absolute atomic E-state index is 0.890. The predicted molar refractivity (Wildman–Crippen MR) is 239 cm³/mol. The smallest absolute Gasteiger partial charge is 0.145 e. The van der Waals surface area contributed by atoms with Crippen LogP contribution in [0.2, 0.25) is 0 Å². The molecule has 0 spiro atoms. The lowest BCUT2D eigenvalue weighted by Crippen LogP contribution is -1.95. The van der Waals surface area contributed by atoms with E-state index in [1.807, 2.05) is 6.07 Å². The summed E-state index contributed by atoms with van der Waals surface area (Å²) in [7, 11) is 0. The Morgan fingerprint density at radius 3 is 1.54 bits per heavy atom. The fraction of sp³-hybridized carbons (Fsp3) is 0. The molecule has 0 aliphatic heterocycles. The van der Waals surface area contributed by atoms with Crippen molar-refractivity contribution in [3.05, 3.63) is 206 Å². The molecule has 266 valence electrons. The van der Waals surface area contributed by atoms with Gasteiger partial charge >= 0.3 is 0 Å². The molecule has 12 rings (SSSR count). The minimum atomic E-state index is 0.890. The van der Waals surface area contributed by atoms with Crippen LogP contribution in [0, 0.1) is 0 Å². The van der Waals surface area contributed by atoms with Crippen LogP contribution in [0.1, 0.15) is 0 Å².